The molecule has 2 aromatic carbocycles. The monoisotopic (exact) mass is 325 g/mol. The fraction of sp³-hybridized carbons (Fsp3) is 0.143. The van der Waals surface area contributed by atoms with Gasteiger partial charge in [0, 0.05) is 17.9 Å². The van der Waals surface area contributed by atoms with Crippen molar-refractivity contribution >= 4 is 35.4 Å². The van der Waals surface area contributed by atoms with E-state index in [-0.39, 0.29) is 24.0 Å². The lowest BCUT2D eigenvalue weighted by molar-refractivity contribution is 1.02. The van der Waals surface area contributed by atoms with Gasteiger partial charge >= 0.3 is 0 Å². The van der Waals surface area contributed by atoms with Gasteiger partial charge in [0.2, 0.25) is 0 Å². The molecule has 0 aliphatic heterocycles. The van der Waals surface area contributed by atoms with Gasteiger partial charge in [-0.2, -0.15) is 0 Å². The number of halogens is 1. The highest BCUT2D eigenvalue weighted by Gasteiger charge is 2.04. The normalized spacial score (nSPS) is 9.31. The van der Waals surface area contributed by atoms with Crippen molar-refractivity contribution in [2.75, 3.05) is 11.4 Å². The first-order valence-corrected chi connectivity index (χ1v) is 5.29. The molecule has 0 saturated carbocycles. The molecule has 2 aromatic rings. The minimum atomic E-state index is 0. The summed E-state index contributed by atoms with van der Waals surface area (Å²) in [5, 5.41) is 0. The van der Waals surface area contributed by atoms with Gasteiger partial charge < -0.3 is 4.90 Å². The van der Waals surface area contributed by atoms with Crippen LogP contribution in [0.4, 0.5) is 11.4 Å². The summed E-state index contributed by atoms with van der Waals surface area (Å²) in [4.78, 5) is 2.29. The summed E-state index contributed by atoms with van der Waals surface area (Å²) in [6, 6.07) is 20.9. The van der Waals surface area contributed by atoms with Gasteiger partial charge in [-0.05, 0) is 31.2 Å². The van der Waals surface area contributed by atoms with E-state index in [1.165, 1.54) is 11.4 Å². The van der Waals surface area contributed by atoms with E-state index in [1.807, 2.05) is 12.1 Å². The Morgan fingerprint density at radius 1 is 0.750 bits per heavy atom. The maximum Gasteiger partial charge on any atom is 0.0410 e. The Bertz CT molecular complexity index is 360. The van der Waals surface area contributed by atoms with Crippen LogP contribution in [0.15, 0.2) is 60.7 Å². The molecule has 0 atom stereocenters. The van der Waals surface area contributed by atoms with Gasteiger partial charge in [-0.25, -0.2) is 0 Å². The molecule has 0 radical (unpaired) electrons. The van der Waals surface area contributed by atoms with Gasteiger partial charge in [-0.1, -0.05) is 36.4 Å². The number of rotatable bonds is 3. The first-order chi connectivity index (χ1) is 7.42. The molecule has 0 spiro atoms. The number of para-hydroxylation sites is 2. The van der Waals surface area contributed by atoms with Crippen LogP contribution in [0.25, 0.3) is 0 Å². The molecule has 0 aromatic heterocycles. The molecule has 84 valence electrons. The smallest absolute Gasteiger partial charge is 0.0410 e. The Morgan fingerprint density at radius 3 is 1.44 bits per heavy atom. The third-order valence-corrected chi connectivity index (χ3v) is 2.45. The molecule has 0 aliphatic carbocycles. The molecular weight excluding hydrogens is 309 g/mol. The van der Waals surface area contributed by atoms with E-state index in [9.17, 15) is 0 Å². The molecule has 2 rings (SSSR count). The first-order valence-electron chi connectivity index (χ1n) is 5.29. The topological polar surface area (TPSA) is 3.24 Å². The van der Waals surface area contributed by atoms with Crippen LogP contribution in [-0.2, 0) is 0 Å². The molecular formula is C14H16IN. The van der Waals surface area contributed by atoms with Gasteiger partial charge in [0.1, 0.15) is 0 Å². The zero-order valence-corrected chi connectivity index (χ0v) is 11.7. The molecule has 0 bridgehead atoms. The lowest BCUT2D eigenvalue weighted by Gasteiger charge is -2.23. The zero-order chi connectivity index (χ0) is 10.5. The maximum absolute atomic E-state index is 2.29. The van der Waals surface area contributed by atoms with E-state index < -0.39 is 0 Å². The molecule has 0 unspecified atom stereocenters. The summed E-state index contributed by atoms with van der Waals surface area (Å²) in [5.74, 6) is 0. The lowest BCUT2D eigenvalue weighted by Crippen LogP contribution is -2.15. The van der Waals surface area contributed by atoms with Gasteiger partial charge in [-0.15, -0.1) is 24.0 Å². The van der Waals surface area contributed by atoms with Crippen molar-refractivity contribution in [3.63, 3.8) is 0 Å². The minimum Gasteiger partial charge on any atom is -0.342 e. The van der Waals surface area contributed by atoms with Crippen LogP contribution in [0.2, 0.25) is 0 Å². The third-order valence-electron chi connectivity index (χ3n) is 2.45. The van der Waals surface area contributed by atoms with Crippen molar-refractivity contribution in [1.29, 1.82) is 0 Å². The summed E-state index contributed by atoms with van der Waals surface area (Å²) < 4.78 is 0. The number of hydrogen-bond acceptors (Lipinski definition) is 1. The fourth-order valence-corrected chi connectivity index (χ4v) is 1.73. The van der Waals surface area contributed by atoms with E-state index in [2.05, 4.69) is 60.4 Å². The van der Waals surface area contributed by atoms with Crippen LogP contribution in [-0.4, -0.2) is 6.54 Å². The number of hydrogen-bond donors (Lipinski definition) is 0. The Balaban J connectivity index is 0.00000128. The Labute approximate surface area is 114 Å². The van der Waals surface area contributed by atoms with E-state index in [1.54, 1.807) is 0 Å². The number of anilines is 2. The second-order valence-electron chi connectivity index (χ2n) is 3.42. The number of nitrogens with zero attached hydrogens (tertiary/aromatic N) is 1. The van der Waals surface area contributed by atoms with Crippen LogP contribution in [0.5, 0.6) is 0 Å². The van der Waals surface area contributed by atoms with E-state index in [0.717, 1.165) is 6.54 Å². The fourth-order valence-electron chi connectivity index (χ4n) is 1.73. The second kappa shape index (κ2) is 6.53. The highest BCUT2D eigenvalue weighted by atomic mass is 127. The average Bonchev–Trinajstić information content (AvgIpc) is 2.33. The van der Waals surface area contributed by atoms with E-state index in [0.29, 0.717) is 0 Å². The third kappa shape index (κ3) is 2.98. The van der Waals surface area contributed by atoms with Crippen molar-refractivity contribution in [3.05, 3.63) is 60.7 Å². The van der Waals surface area contributed by atoms with Crippen LogP contribution < -0.4 is 4.90 Å². The molecule has 2 heteroatoms. The van der Waals surface area contributed by atoms with Gasteiger partial charge in [0.25, 0.3) is 0 Å². The number of benzene rings is 2. The van der Waals surface area contributed by atoms with Crippen LogP contribution in [0, 0.1) is 0 Å². The summed E-state index contributed by atoms with van der Waals surface area (Å²) >= 11 is 0. The molecule has 0 heterocycles. The predicted molar refractivity (Wildman–Crippen MR) is 81.0 cm³/mol. The van der Waals surface area contributed by atoms with Crippen molar-refractivity contribution in [2.24, 2.45) is 0 Å². The van der Waals surface area contributed by atoms with Crippen molar-refractivity contribution in [2.45, 2.75) is 6.92 Å². The Hall–Kier alpha value is -1.03. The molecule has 0 amide bonds. The molecule has 1 nitrogen and oxygen atoms in total. The summed E-state index contributed by atoms with van der Waals surface area (Å²) in [5.41, 5.74) is 2.48. The average molecular weight is 325 g/mol. The Morgan fingerprint density at radius 2 is 1.12 bits per heavy atom. The van der Waals surface area contributed by atoms with Crippen molar-refractivity contribution < 1.29 is 0 Å². The van der Waals surface area contributed by atoms with Crippen LogP contribution in [0.1, 0.15) is 6.92 Å². The highest BCUT2D eigenvalue weighted by molar-refractivity contribution is 14.0. The van der Waals surface area contributed by atoms with Gasteiger partial charge in [0.05, 0.1) is 0 Å². The maximum atomic E-state index is 2.29. The molecule has 16 heavy (non-hydrogen) atoms. The molecule has 0 N–H and O–H groups in total. The summed E-state index contributed by atoms with van der Waals surface area (Å²) in [6.45, 7) is 3.15. The standard InChI is InChI=1S/C14H15N.HI/c1-2-15(13-9-5-3-6-10-13)14-11-7-4-8-12-14;/h3-12H,2H2,1H3;1H. The second-order valence-corrected chi connectivity index (χ2v) is 3.42. The summed E-state index contributed by atoms with van der Waals surface area (Å²) in [7, 11) is 0. The highest BCUT2D eigenvalue weighted by Crippen LogP contribution is 2.23. The SMILES string of the molecule is CCN(c1ccccc1)c1ccccc1.I. The van der Waals surface area contributed by atoms with Crippen molar-refractivity contribution in [1.82, 2.24) is 0 Å². The quantitative estimate of drug-likeness (QED) is 0.753. The largest absolute Gasteiger partial charge is 0.342 e. The van der Waals surface area contributed by atoms with E-state index in [4.69, 9.17) is 0 Å². The zero-order valence-electron chi connectivity index (χ0n) is 9.34. The lowest BCUT2D eigenvalue weighted by atomic mass is 10.2. The van der Waals surface area contributed by atoms with Crippen LogP contribution in [0.3, 0.4) is 0 Å². The van der Waals surface area contributed by atoms with Crippen molar-refractivity contribution in [3.8, 4) is 0 Å². The summed E-state index contributed by atoms with van der Waals surface area (Å²) in [6.07, 6.45) is 0. The van der Waals surface area contributed by atoms with Gasteiger partial charge in [0.15, 0.2) is 0 Å². The molecule has 0 aliphatic rings. The Kier molecular flexibility index (Phi) is 5.32. The predicted octanol–water partition coefficient (Wildman–Crippen LogP) is 4.46. The molecule has 0 fully saturated rings. The van der Waals surface area contributed by atoms with Gasteiger partial charge in [-0.3, -0.25) is 0 Å². The minimum absolute atomic E-state index is 0. The molecule has 0 saturated heterocycles. The van der Waals surface area contributed by atoms with Crippen LogP contribution >= 0.6 is 24.0 Å². The first kappa shape index (κ1) is 13.0. The van der Waals surface area contributed by atoms with E-state index >= 15 is 0 Å².